The van der Waals surface area contributed by atoms with Crippen LogP contribution in [0.25, 0.3) is 0 Å². The fourth-order valence-corrected chi connectivity index (χ4v) is 7.52. The number of hydrogen-bond acceptors (Lipinski definition) is 3. The van der Waals surface area contributed by atoms with Crippen molar-refractivity contribution < 1.29 is 15.3 Å². The average Bonchev–Trinajstić information content (AvgIpc) is 2.76. The highest BCUT2D eigenvalue weighted by Crippen LogP contribution is 2.68. The van der Waals surface area contributed by atoms with Gasteiger partial charge in [0.25, 0.3) is 0 Å². The fourth-order valence-electron chi connectivity index (χ4n) is 7.52. The molecule has 0 bridgehead atoms. The molecule has 0 aliphatic heterocycles. The quantitative estimate of drug-likeness (QED) is 0.598. The molecule has 3 heteroatoms. The molecule has 0 aromatic heterocycles. The van der Waals surface area contributed by atoms with Crippen LogP contribution in [0, 0.1) is 46.8 Å². The van der Waals surface area contributed by atoms with Crippen molar-refractivity contribution in [2.75, 3.05) is 0 Å². The zero-order chi connectivity index (χ0) is 17.3. The topological polar surface area (TPSA) is 60.7 Å². The third-order valence-electron chi connectivity index (χ3n) is 9.08. The van der Waals surface area contributed by atoms with Crippen LogP contribution in [0.1, 0.15) is 65.2 Å². The third kappa shape index (κ3) is 1.91. The SMILES string of the molecule is C#C[C@]1(O)[C@H](O)C[C@H]2[C@@H]3CC[C@H]4C[C@H](O)CC[C@]4(C)[C@H]3CC[C@@]21C. The predicted octanol–water partition coefficient (Wildman–Crippen LogP) is 2.73. The van der Waals surface area contributed by atoms with Gasteiger partial charge in [-0.15, -0.1) is 6.42 Å². The molecule has 0 spiro atoms. The number of terminal acetylenes is 1. The van der Waals surface area contributed by atoms with Crippen molar-refractivity contribution in [2.24, 2.45) is 34.5 Å². The van der Waals surface area contributed by atoms with Gasteiger partial charge in [0, 0.05) is 5.41 Å². The summed E-state index contributed by atoms with van der Waals surface area (Å²) in [6, 6.07) is 0. The first-order valence-corrected chi connectivity index (χ1v) is 9.82. The first-order chi connectivity index (χ1) is 11.3. The van der Waals surface area contributed by atoms with Gasteiger partial charge in [0.1, 0.15) is 0 Å². The van der Waals surface area contributed by atoms with Crippen molar-refractivity contribution in [3.05, 3.63) is 0 Å². The molecule has 0 aromatic rings. The lowest BCUT2D eigenvalue weighted by molar-refractivity contribution is -0.151. The number of hydrogen-bond donors (Lipinski definition) is 3. The van der Waals surface area contributed by atoms with Gasteiger partial charge in [0.05, 0.1) is 12.2 Å². The van der Waals surface area contributed by atoms with Crippen LogP contribution in [0.2, 0.25) is 0 Å². The summed E-state index contributed by atoms with van der Waals surface area (Å²) in [6.45, 7) is 4.56. The van der Waals surface area contributed by atoms with Crippen LogP contribution < -0.4 is 0 Å². The van der Waals surface area contributed by atoms with Crippen LogP contribution in [0.5, 0.6) is 0 Å². The largest absolute Gasteiger partial charge is 0.393 e. The minimum atomic E-state index is -1.37. The van der Waals surface area contributed by atoms with Crippen LogP contribution in [0.4, 0.5) is 0 Å². The van der Waals surface area contributed by atoms with Crippen LogP contribution in [-0.2, 0) is 0 Å². The first kappa shape index (κ1) is 16.9. The van der Waals surface area contributed by atoms with E-state index >= 15 is 0 Å². The summed E-state index contributed by atoms with van der Waals surface area (Å²) in [5.41, 5.74) is -1.42. The molecule has 4 saturated carbocycles. The van der Waals surface area contributed by atoms with E-state index in [1.54, 1.807) is 0 Å². The molecule has 0 radical (unpaired) electrons. The Balaban J connectivity index is 1.67. The first-order valence-electron chi connectivity index (χ1n) is 9.82. The van der Waals surface area contributed by atoms with Gasteiger partial charge < -0.3 is 15.3 Å². The second kappa shape index (κ2) is 5.22. The Morgan fingerprint density at radius 2 is 1.71 bits per heavy atom. The van der Waals surface area contributed by atoms with Gasteiger partial charge in [-0.25, -0.2) is 0 Å². The maximum Gasteiger partial charge on any atom is 0.156 e. The van der Waals surface area contributed by atoms with E-state index in [9.17, 15) is 15.3 Å². The highest BCUT2D eigenvalue weighted by atomic mass is 16.3. The van der Waals surface area contributed by atoms with Crippen molar-refractivity contribution in [2.45, 2.75) is 83.0 Å². The maximum atomic E-state index is 11.0. The zero-order valence-corrected chi connectivity index (χ0v) is 15.0. The summed E-state index contributed by atoms with van der Waals surface area (Å²) >= 11 is 0. The lowest BCUT2D eigenvalue weighted by atomic mass is 9.44. The molecule has 134 valence electrons. The molecule has 0 unspecified atom stereocenters. The summed E-state index contributed by atoms with van der Waals surface area (Å²) in [6.07, 6.45) is 12.7. The molecule has 24 heavy (non-hydrogen) atoms. The molecule has 4 aliphatic carbocycles. The van der Waals surface area contributed by atoms with Gasteiger partial charge in [-0.1, -0.05) is 19.8 Å². The van der Waals surface area contributed by atoms with Crippen molar-refractivity contribution in [3.8, 4) is 12.3 Å². The highest BCUT2D eigenvalue weighted by Gasteiger charge is 2.67. The Kier molecular flexibility index (Phi) is 3.67. The fraction of sp³-hybridized carbons (Fsp3) is 0.905. The van der Waals surface area contributed by atoms with E-state index in [-0.39, 0.29) is 11.5 Å². The summed E-state index contributed by atoms with van der Waals surface area (Å²) < 4.78 is 0. The molecule has 0 aromatic carbocycles. The number of aliphatic hydroxyl groups excluding tert-OH is 2. The third-order valence-corrected chi connectivity index (χ3v) is 9.08. The maximum absolute atomic E-state index is 11.0. The number of rotatable bonds is 0. The van der Waals surface area contributed by atoms with Gasteiger partial charge in [0.15, 0.2) is 5.60 Å². The molecule has 0 heterocycles. The van der Waals surface area contributed by atoms with E-state index in [2.05, 4.69) is 19.8 Å². The minimum absolute atomic E-state index is 0.117. The Bertz CT molecular complexity index is 568. The number of fused-ring (bicyclic) bond motifs is 5. The van der Waals surface area contributed by atoms with Gasteiger partial charge in [0.2, 0.25) is 0 Å². The predicted molar refractivity (Wildman–Crippen MR) is 92.9 cm³/mol. The van der Waals surface area contributed by atoms with Crippen LogP contribution in [0.15, 0.2) is 0 Å². The standard InChI is InChI=1S/C21H32O3/c1-4-21(24)18(23)12-17-15-6-5-13-11-14(22)7-9-19(13,2)16(15)8-10-20(17,21)3/h1,13-18,22-24H,5-12H2,2-3H3/t13-,14+,15+,16-,17-,18+,19-,20-,21-/m0/s1. The molecule has 4 aliphatic rings. The molecule has 0 amide bonds. The van der Waals surface area contributed by atoms with Crippen LogP contribution in [0.3, 0.4) is 0 Å². The Morgan fingerprint density at radius 1 is 0.958 bits per heavy atom. The molecular weight excluding hydrogens is 300 g/mol. The van der Waals surface area contributed by atoms with Gasteiger partial charge >= 0.3 is 0 Å². The van der Waals surface area contributed by atoms with Crippen molar-refractivity contribution in [3.63, 3.8) is 0 Å². The summed E-state index contributed by atoms with van der Waals surface area (Å²) in [7, 11) is 0. The molecular formula is C21H32O3. The van der Waals surface area contributed by atoms with E-state index in [0.29, 0.717) is 35.5 Å². The van der Waals surface area contributed by atoms with E-state index in [1.165, 1.54) is 6.42 Å². The second-order valence-electron chi connectivity index (χ2n) is 9.70. The molecule has 4 fully saturated rings. The molecule has 3 N–H and O–H groups in total. The molecule has 9 atom stereocenters. The van der Waals surface area contributed by atoms with Crippen molar-refractivity contribution >= 4 is 0 Å². The minimum Gasteiger partial charge on any atom is -0.393 e. The van der Waals surface area contributed by atoms with E-state index in [0.717, 1.165) is 38.5 Å². The second-order valence-corrected chi connectivity index (χ2v) is 9.70. The Morgan fingerprint density at radius 3 is 2.42 bits per heavy atom. The summed E-state index contributed by atoms with van der Waals surface area (Å²) in [5.74, 6) is 4.72. The normalized spacial score (nSPS) is 59.8. The van der Waals surface area contributed by atoms with Gasteiger partial charge in [-0.05, 0) is 80.5 Å². The van der Waals surface area contributed by atoms with Gasteiger partial charge in [-0.2, -0.15) is 0 Å². The lowest BCUT2D eigenvalue weighted by Gasteiger charge is -2.61. The number of aliphatic hydroxyl groups is 3. The van der Waals surface area contributed by atoms with Gasteiger partial charge in [-0.3, -0.25) is 0 Å². The van der Waals surface area contributed by atoms with Crippen LogP contribution in [-0.4, -0.2) is 33.1 Å². The Labute approximate surface area is 145 Å². The molecule has 0 saturated heterocycles. The smallest absolute Gasteiger partial charge is 0.156 e. The van der Waals surface area contributed by atoms with Crippen LogP contribution >= 0.6 is 0 Å². The highest BCUT2D eigenvalue weighted by molar-refractivity contribution is 5.27. The van der Waals surface area contributed by atoms with E-state index < -0.39 is 11.7 Å². The molecule has 3 nitrogen and oxygen atoms in total. The Hall–Kier alpha value is -0.560. The average molecular weight is 332 g/mol. The van der Waals surface area contributed by atoms with E-state index in [4.69, 9.17) is 6.42 Å². The monoisotopic (exact) mass is 332 g/mol. The summed E-state index contributed by atoms with van der Waals surface area (Å²) in [4.78, 5) is 0. The zero-order valence-electron chi connectivity index (χ0n) is 15.0. The molecule has 4 rings (SSSR count). The lowest BCUT2D eigenvalue weighted by Crippen LogP contribution is -2.57. The van der Waals surface area contributed by atoms with E-state index in [1.807, 2.05) is 0 Å². The van der Waals surface area contributed by atoms with Crippen molar-refractivity contribution in [1.29, 1.82) is 0 Å². The summed E-state index contributed by atoms with van der Waals surface area (Å²) in [5, 5.41) is 31.7. The van der Waals surface area contributed by atoms with Crippen molar-refractivity contribution in [1.82, 2.24) is 0 Å².